The summed E-state index contributed by atoms with van der Waals surface area (Å²) < 4.78 is 0. The molecular weight excluding hydrogens is 260 g/mol. The van der Waals surface area contributed by atoms with E-state index in [2.05, 4.69) is 10.6 Å². The molecule has 106 valence electrons. The summed E-state index contributed by atoms with van der Waals surface area (Å²) in [6.07, 6.45) is 1.93. The van der Waals surface area contributed by atoms with Crippen molar-refractivity contribution >= 4 is 17.8 Å². The van der Waals surface area contributed by atoms with Crippen LogP contribution in [0.5, 0.6) is 0 Å². The largest absolute Gasteiger partial charge is 0.481 e. The van der Waals surface area contributed by atoms with Crippen LogP contribution in [0.2, 0.25) is 0 Å². The summed E-state index contributed by atoms with van der Waals surface area (Å²) in [5, 5.41) is 13.8. The van der Waals surface area contributed by atoms with Crippen molar-refractivity contribution in [3.8, 4) is 0 Å². The van der Waals surface area contributed by atoms with Gasteiger partial charge in [0.25, 0.3) is 11.8 Å². The van der Waals surface area contributed by atoms with E-state index in [4.69, 9.17) is 5.11 Å². The molecule has 1 aliphatic carbocycles. The molecule has 0 heterocycles. The maximum Gasteiger partial charge on any atom is 0.305 e. The number of nitrogens with one attached hydrogen (secondary N) is 2. The van der Waals surface area contributed by atoms with Gasteiger partial charge < -0.3 is 15.7 Å². The van der Waals surface area contributed by atoms with Gasteiger partial charge >= 0.3 is 5.97 Å². The topological polar surface area (TPSA) is 95.5 Å². The maximum absolute atomic E-state index is 11.7. The van der Waals surface area contributed by atoms with Crippen molar-refractivity contribution in [2.75, 3.05) is 6.54 Å². The molecule has 0 bridgehead atoms. The first-order valence-electron chi connectivity index (χ1n) is 6.47. The third kappa shape index (κ3) is 4.08. The Morgan fingerprint density at radius 1 is 1.05 bits per heavy atom. The lowest BCUT2D eigenvalue weighted by molar-refractivity contribution is -0.136. The molecule has 6 nitrogen and oxygen atoms in total. The smallest absolute Gasteiger partial charge is 0.305 e. The van der Waals surface area contributed by atoms with Gasteiger partial charge in [0, 0.05) is 23.7 Å². The number of carboxylic acids is 1. The number of hydrogen-bond donors (Lipinski definition) is 3. The lowest BCUT2D eigenvalue weighted by Gasteiger charge is -2.06. The van der Waals surface area contributed by atoms with E-state index >= 15 is 0 Å². The molecule has 2 amide bonds. The van der Waals surface area contributed by atoms with Gasteiger partial charge in [0.05, 0.1) is 6.42 Å². The highest BCUT2D eigenvalue weighted by Gasteiger charge is 2.23. The van der Waals surface area contributed by atoms with Crippen molar-refractivity contribution in [2.24, 2.45) is 0 Å². The molecule has 0 aliphatic heterocycles. The van der Waals surface area contributed by atoms with E-state index in [-0.39, 0.29) is 24.8 Å². The Morgan fingerprint density at radius 2 is 1.60 bits per heavy atom. The van der Waals surface area contributed by atoms with Crippen molar-refractivity contribution < 1.29 is 19.5 Å². The Bertz CT molecular complexity index is 520. The van der Waals surface area contributed by atoms with E-state index in [0.29, 0.717) is 17.2 Å². The average Bonchev–Trinajstić information content (AvgIpc) is 3.22. The highest BCUT2D eigenvalue weighted by molar-refractivity contribution is 5.98. The van der Waals surface area contributed by atoms with Crippen molar-refractivity contribution in [3.05, 3.63) is 35.4 Å². The summed E-state index contributed by atoms with van der Waals surface area (Å²) in [6.45, 7) is 0.0814. The number of carboxylic acid groups (broad SMARTS) is 1. The minimum Gasteiger partial charge on any atom is -0.481 e. The van der Waals surface area contributed by atoms with Crippen molar-refractivity contribution in [1.29, 1.82) is 0 Å². The highest BCUT2D eigenvalue weighted by atomic mass is 16.4. The fourth-order valence-electron chi connectivity index (χ4n) is 1.65. The fraction of sp³-hybridized carbons (Fsp3) is 0.357. The Morgan fingerprint density at radius 3 is 2.10 bits per heavy atom. The third-order valence-electron chi connectivity index (χ3n) is 2.95. The number of benzene rings is 1. The van der Waals surface area contributed by atoms with Crippen LogP contribution < -0.4 is 10.6 Å². The molecule has 0 atom stereocenters. The molecule has 1 fully saturated rings. The van der Waals surface area contributed by atoms with Crippen LogP contribution in [0.15, 0.2) is 24.3 Å². The fourth-order valence-corrected chi connectivity index (χ4v) is 1.65. The van der Waals surface area contributed by atoms with E-state index < -0.39 is 5.97 Å². The zero-order valence-electron chi connectivity index (χ0n) is 10.9. The second-order valence-electron chi connectivity index (χ2n) is 4.72. The molecule has 0 unspecified atom stereocenters. The Balaban J connectivity index is 1.88. The predicted octanol–water partition coefficient (Wildman–Crippen LogP) is 0.783. The SMILES string of the molecule is O=C(O)CCNC(=O)c1ccc(C(=O)NC2CC2)cc1. The Hall–Kier alpha value is -2.37. The predicted molar refractivity (Wildman–Crippen MR) is 71.5 cm³/mol. The number of carbonyl (C=O) groups excluding carboxylic acids is 2. The summed E-state index contributed by atoms with van der Waals surface area (Å²) in [7, 11) is 0. The third-order valence-corrected chi connectivity index (χ3v) is 2.95. The Kier molecular flexibility index (Phi) is 4.34. The Labute approximate surface area is 116 Å². The molecule has 2 rings (SSSR count). The summed E-state index contributed by atoms with van der Waals surface area (Å²) in [5.41, 5.74) is 0.914. The van der Waals surface area contributed by atoms with Gasteiger partial charge in [-0.2, -0.15) is 0 Å². The molecule has 1 aromatic rings. The van der Waals surface area contributed by atoms with Crippen LogP contribution in [0.4, 0.5) is 0 Å². The number of aliphatic carboxylic acids is 1. The number of amides is 2. The first-order valence-corrected chi connectivity index (χ1v) is 6.47. The molecular formula is C14H16N2O4. The van der Waals surface area contributed by atoms with Crippen molar-refractivity contribution in [2.45, 2.75) is 25.3 Å². The van der Waals surface area contributed by atoms with Crippen molar-refractivity contribution in [3.63, 3.8) is 0 Å². The maximum atomic E-state index is 11.7. The minimum absolute atomic E-state index is 0.0814. The lowest BCUT2D eigenvalue weighted by atomic mass is 10.1. The minimum atomic E-state index is -0.961. The van der Waals surface area contributed by atoms with Crippen molar-refractivity contribution in [1.82, 2.24) is 10.6 Å². The van der Waals surface area contributed by atoms with Crippen LogP contribution in [0.3, 0.4) is 0 Å². The van der Waals surface area contributed by atoms with Gasteiger partial charge in [-0.1, -0.05) is 0 Å². The van der Waals surface area contributed by atoms with Gasteiger partial charge in [-0.05, 0) is 37.1 Å². The van der Waals surface area contributed by atoms with E-state index in [0.717, 1.165) is 12.8 Å². The summed E-state index contributed by atoms with van der Waals surface area (Å²) in [6, 6.07) is 6.57. The second kappa shape index (κ2) is 6.18. The molecule has 20 heavy (non-hydrogen) atoms. The average molecular weight is 276 g/mol. The van der Waals surface area contributed by atoms with Gasteiger partial charge in [-0.25, -0.2) is 0 Å². The summed E-state index contributed by atoms with van der Waals surface area (Å²) in [5.74, 6) is -1.44. The first kappa shape index (κ1) is 14.0. The molecule has 0 saturated heterocycles. The molecule has 1 saturated carbocycles. The molecule has 3 N–H and O–H groups in total. The van der Waals surface area contributed by atoms with Crippen LogP contribution in [-0.2, 0) is 4.79 Å². The molecule has 1 aliphatic rings. The van der Waals surface area contributed by atoms with E-state index in [1.807, 2.05) is 0 Å². The zero-order valence-corrected chi connectivity index (χ0v) is 10.9. The first-order chi connectivity index (χ1) is 9.56. The normalized spacial score (nSPS) is 13.6. The quantitative estimate of drug-likeness (QED) is 0.715. The summed E-state index contributed by atoms with van der Waals surface area (Å²) >= 11 is 0. The lowest BCUT2D eigenvalue weighted by Crippen LogP contribution is -2.27. The van der Waals surface area contributed by atoms with Gasteiger partial charge in [-0.15, -0.1) is 0 Å². The molecule has 1 aromatic carbocycles. The monoisotopic (exact) mass is 276 g/mol. The highest BCUT2D eigenvalue weighted by Crippen LogP contribution is 2.19. The second-order valence-corrected chi connectivity index (χ2v) is 4.72. The van der Waals surface area contributed by atoms with Crippen LogP contribution in [0.25, 0.3) is 0 Å². The van der Waals surface area contributed by atoms with Crippen LogP contribution in [-0.4, -0.2) is 35.5 Å². The number of rotatable bonds is 6. The number of hydrogen-bond acceptors (Lipinski definition) is 3. The van der Waals surface area contributed by atoms with Crippen LogP contribution in [0, 0.1) is 0 Å². The van der Waals surface area contributed by atoms with Gasteiger partial charge in [0.2, 0.25) is 0 Å². The molecule has 6 heteroatoms. The van der Waals surface area contributed by atoms with Gasteiger partial charge in [-0.3, -0.25) is 14.4 Å². The van der Waals surface area contributed by atoms with Crippen LogP contribution in [0.1, 0.15) is 40.0 Å². The molecule has 0 aromatic heterocycles. The summed E-state index contributed by atoms with van der Waals surface area (Å²) in [4.78, 5) is 33.8. The standard InChI is InChI=1S/C14H16N2O4/c17-12(18)7-8-15-13(19)9-1-3-10(4-2-9)14(20)16-11-5-6-11/h1-4,11H,5-8H2,(H,15,19)(H,16,20)(H,17,18). The molecule has 0 spiro atoms. The number of carbonyl (C=O) groups is 3. The molecule has 0 radical (unpaired) electrons. The van der Waals surface area contributed by atoms with E-state index in [9.17, 15) is 14.4 Å². The van der Waals surface area contributed by atoms with Gasteiger partial charge in [0.1, 0.15) is 0 Å². The van der Waals surface area contributed by atoms with E-state index in [1.54, 1.807) is 24.3 Å². The van der Waals surface area contributed by atoms with Crippen LogP contribution >= 0.6 is 0 Å². The van der Waals surface area contributed by atoms with E-state index in [1.165, 1.54) is 0 Å². The zero-order chi connectivity index (χ0) is 14.5. The van der Waals surface area contributed by atoms with Gasteiger partial charge in [0.15, 0.2) is 0 Å².